The molecule has 0 aliphatic heterocycles. The number of hydrogen-bond donors (Lipinski definition) is 2. The van der Waals surface area contributed by atoms with Crippen molar-refractivity contribution in [3.8, 4) is 0 Å². The van der Waals surface area contributed by atoms with E-state index in [0.717, 1.165) is 6.42 Å². The second-order valence-corrected chi connectivity index (χ2v) is 4.66. The van der Waals surface area contributed by atoms with E-state index in [-0.39, 0.29) is 6.04 Å². The maximum Gasteiger partial charge on any atom is 0.0685 e. The number of nitrogens with zero attached hydrogens (tertiary/aromatic N) is 1. The van der Waals surface area contributed by atoms with Crippen molar-refractivity contribution in [3.05, 3.63) is 17.0 Å². The molecule has 3 N–H and O–H groups in total. The van der Waals surface area contributed by atoms with Gasteiger partial charge < -0.3 is 5.73 Å². The Labute approximate surface area is 85.1 Å². The first-order valence-electron chi connectivity index (χ1n) is 5.44. The standard InChI is InChI=1S/C11H19N3/c1-6(2)11-10-8(7(3)12)4-5-9(10)13-14-11/h6-8H,4-5,12H2,1-3H3,(H,13,14). The molecule has 0 radical (unpaired) electrons. The van der Waals surface area contributed by atoms with Gasteiger partial charge in [0.2, 0.25) is 0 Å². The van der Waals surface area contributed by atoms with Gasteiger partial charge in [0.1, 0.15) is 0 Å². The lowest BCUT2D eigenvalue weighted by Gasteiger charge is -2.16. The van der Waals surface area contributed by atoms with Gasteiger partial charge in [-0.15, -0.1) is 0 Å². The molecule has 3 heteroatoms. The molecular formula is C11H19N3. The van der Waals surface area contributed by atoms with Crippen LogP contribution >= 0.6 is 0 Å². The lowest BCUT2D eigenvalue weighted by Crippen LogP contribution is -2.23. The third kappa shape index (κ3) is 1.36. The van der Waals surface area contributed by atoms with E-state index < -0.39 is 0 Å². The fourth-order valence-corrected chi connectivity index (χ4v) is 2.42. The average molecular weight is 193 g/mol. The molecule has 3 nitrogen and oxygen atoms in total. The highest BCUT2D eigenvalue weighted by Gasteiger charge is 2.31. The zero-order valence-corrected chi connectivity index (χ0v) is 9.17. The van der Waals surface area contributed by atoms with Crippen molar-refractivity contribution in [3.63, 3.8) is 0 Å². The molecule has 78 valence electrons. The minimum Gasteiger partial charge on any atom is -0.327 e. The van der Waals surface area contributed by atoms with E-state index in [2.05, 4.69) is 31.0 Å². The zero-order chi connectivity index (χ0) is 10.3. The molecule has 2 rings (SSSR count). The Morgan fingerprint density at radius 3 is 2.71 bits per heavy atom. The Bertz CT molecular complexity index is 325. The van der Waals surface area contributed by atoms with Gasteiger partial charge in [0.05, 0.1) is 5.69 Å². The number of nitrogens with two attached hydrogens (primary N) is 1. The van der Waals surface area contributed by atoms with Gasteiger partial charge in [0, 0.05) is 23.2 Å². The topological polar surface area (TPSA) is 54.7 Å². The van der Waals surface area contributed by atoms with Crippen LogP contribution in [0.5, 0.6) is 0 Å². The molecule has 0 saturated carbocycles. The van der Waals surface area contributed by atoms with Crippen LogP contribution in [0.25, 0.3) is 0 Å². The van der Waals surface area contributed by atoms with Crippen LogP contribution in [0.15, 0.2) is 0 Å². The third-order valence-corrected chi connectivity index (χ3v) is 3.17. The molecule has 1 aromatic rings. The highest BCUT2D eigenvalue weighted by molar-refractivity contribution is 5.36. The summed E-state index contributed by atoms with van der Waals surface area (Å²) in [5.74, 6) is 1.01. The molecule has 0 bridgehead atoms. The molecular weight excluding hydrogens is 174 g/mol. The average Bonchev–Trinajstić information content (AvgIpc) is 2.59. The van der Waals surface area contributed by atoms with Crippen LogP contribution in [0.4, 0.5) is 0 Å². The van der Waals surface area contributed by atoms with Crippen molar-refractivity contribution in [2.45, 2.75) is 51.5 Å². The van der Waals surface area contributed by atoms with Crippen molar-refractivity contribution in [1.82, 2.24) is 10.2 Å². The number of H-pyrrole nitrogens is 1. The van der Waals surface area contributed by atoms with Crippen molar-refractivity contribution >= 4 is 0 Å². The quantitative estimate of drug-likeness (QED) is 0.753. The smallest absolute Gasteiger partial charge is 0.0685 e. The van der Waals surface area contributed by atoms with Gasteiger partial charge in [0.15, 0.2) is 0 Å². The normalized spacial score (nSPS) is 22.8. The minimum absolute atomic E-state index is 0.242. The van der Waals surface area contributed by atoms with E-state index in [9.17, 15) is 0 Å². The summed E-state index contributed by atoms with van der Waals surface area (Å²) in [7, 11) is 0. The van der Waals surface area contributed by atoms with Crippen LogP contribution in [0.3, 0.4) is 0 Å². The Balaban J connectivity index is 2.40. The second-order valence-electron chi connectivity index (χ2n) is 4.66. The number of nitrogens with one attached hydrogen (secondary N) is 1. The highest BCUT2D eigenvalue weighted by atomic mass is 15.1. The summed E-state index contributed by atoms with van der Waals surface area (Å²) in [6, 6.07) is 0.242. The van der Waals surface area contributed by atoms with Gasteiger partial charge in [0.25, 0.3) is 0 Å². The second kappa shape index (κ2) is 3.39. The Hall–Kier alpha value is -0.830. The molecule has 2 atom stereocenters. The molecule has 14 heavy (non-hydrogen) atoms. The van der Waals surface area contributed by atoms with Gasteiger partial charge in [-0.25, -0.2) is 0 Å². The van der Waals surface area contributed by atoms with Gasteiger partial charge in [-0.1, -0.05) is 13.8 Å². The summed E-state index contributed by atoms with van der Waals surface area (Å²) in [6.07, 6.45) is 2.29. The molecule has 0 amide bonds. The number of fused-ring (bicyclic) bond motifs is 1. The summed E-state index contributed by atoms with van der Waals surface area (Å²) in [5.41, 5.74) is 9.95. The molecule has 2 unspecified atom stereocenters. The fraction of sp³-hybridized carbons (Fsp3) is 0.727. The molecule has 0 spiro atoms. The van der Waals surface area contributed by atoms with E-state index in [4.69, 9.17) is 5.73 Å². The van der Waals surface area contributed by atoms with Gasteiger partial charge >= 0.3 is 0 Å². The number of aryl methyl sites for hydroxylation is 1. The monoisotopic (exact) mass is 193 g/mol. The lowest BCUT2D eigenvalue weighted by atomic mass is 9.92. The van der Waals surface area contributed by atoms with Crippen LogP contribution in [-0.2, 0) is 6.42 Å². The number of aromatic amines is 1. The largest absolute Gasteiger partial charge is 0.327 e. The minimum atomic E-state index is 0.242. The number of hydrogen-bond acceptors (Lipinski definition) is 2. The van der Waals surface area contributed by atoms with Crippen molar-refractivity contribution < 1.29 is 0 Å². The number of aromatic nitrogens is 2. The van der Waals surface area contributed by atoms with Gasteiger partial charge in [-0.05, 0) is 25.7 Å². The van der Waals surface area contributed by atoms with Crippen molar-refractivity contribution in [2.75, 3.05) is 0 Å². The van der Waals surface area contributed by atoms with Crippen LogP contribution in [0, 0.1) is 0 Å². The van der Waals surface area contributed by atoms with Gasteiger partial charge in [-0.3, -0.25) is 5.10 Å². The molecule has 1 aliphatic rings. The van der Waals surface area contributed by atoms with E-state index >= 15 is 0 Å². The highest BCUT2D eigenvalue weighted by Crippen LogP contribution is 2.38. The molecule has 0 fully saturated rings. The van der Waals surface area contributed by atoms with Crippen LogP contribution in [-0.4, -0.2) is 16.2 Å². The molecule has 1 heterocycles. The van der Waals surface area contributed by atoms with Crippen LogP contribution in [0.1, 0.15) is 56.0 Å². The molecule has 0 saturated heterocycles. The predicted octanol–water partition coefficient (Wildman–Crippen LogP) is 1.91. The Morgan fingerprint density at radius 1 is 1.43 bits per heavy atom. The summed E-state index contributed by atoms with van der Waals surface area (Å²) in [6.45, 7) is 6.47. The van der Waals surface area contributed by atoms with E-state index in [1.165, 1.54) is 23.4 Å². The first kappa shape index (κ1) is 9.71. The summed E-state index contributed by atoms with van der Waals surface area (Å²) < 4.78 is 0. The summed E-state index contributed by atoms with van der Waals surface area (Å²) in [4.78, 5) is 0. The van der Waals surface area contributed by atoms with Crippen LogP contribution < -0.4 is 5.73 Å². The predicted molar refractivity (Wildman–Crippen MR) is 57.4 cm³/mol. The molecule has 1 aliphatic carbocycles. The first-order valence-corrected chi connectivity index (χ1v) is 5.44. The Morgan fingerprint density at radius 2 is 2.14 bits per heavy atom. The maximum absolute atomic E-state index is 6.00. The zero-order valence-electron chi connectivity index (χ0n) is 9.17. The van der Waals surface area contributed by atoms with E-state index in [1.807, 2.05) is 0 Å². The molecule has 1 aromatic heterocycles. The van der Waals surface area contributed by atoms with Crippen molar-refractivity contribution in [1.29, 1.82) is 0 Å². The lowest BCUT2D eigenvalue weighted by molar-refractivity contribution is 0.553. The first-order chi connectivity index (χ1) is 6.61. The van der Waals surface area contributed by atoms with Crippen molar-refractivity contribution in [2.24, 2.45) is 5.73 Å². The van der Waals surface area contributed by atoms with Gasteiger partial charge in [-0.2, -0.15) is 5.10 Å². The van der Waals surface area contributed by atoms with E-state index in [1.54, 1.807) is 0 Å². The van der Waals surface area contributed by atoms with E-state index in [0.29, 0.717) is 11.8 Å². The maximum atomic E-state index is 6.00. The fourth-order valence-electron chi connectivity index (χ4n) is 2.42. The number of rotatable bonds is 2. The third-order valence-electron chi connectivity index (χ3n) is 3.17. The summed E-state index contributed by atoms with van der Waals surface area (Å²) >= 11 is 0. The van der Waals surface area contributed by atoms with Crippen LogP contribution in [0.2, 0.25) is 0 Å². The Kier molecular flexibility index (Phi) is 2.35. The SMILES string of the molecule is CC(C)c1n[nH]c2c1C(C(C)N)CC2. The molecule has 0 aromatic carbocycles. The summed E-state index contributed by atoms with van der Waals surface area (Å²) in [5, 5.41) is 7.54.